The summed E-state index contributed by atoms with van der Waals surface area (Å²) in [5.41, 5.74) is 4.87. The Labute approximate surface area is 202 Å². The molecule has 5 rings (SSSR count). The average Bonchev–Trinajstić information content (AvgIpc) is 2.87. The quantitative estimate of drug-likeness (QED) is 0.308. The van der Waals surface area contributed by atoms with Crippen molar-refractivity contribution in [2.75, 3.05) is 5.32 Å². The van der Waals surface area contributed by atoms with Crippen molar-refractivity contribution in [2.24, 2.45) is 0 Å². The van der Waals surface area contributed by atoms with Crippen molar-refractivity contribution in [3.05, 3.63) is 112 Å². The molecule has 0 aliphatic rings. The van der Waals surface area contributed by atoms with E-state index in [2.05, 4.69) is 15.3 Å². The lowest BCUT2D eigenvalue weighted by molar-refractivity contribution is 0.605. The summed E-state index contributed by atoms with van der Waals surface area (Å²) in [5.74, 6) is 0.106. The maximum atomic E-state index is 14.5. The first-order chi connectivity index (χ1) is 16.9. The molecule has 0 spiro atoms. The third kappa shape index (κ3) is 4.19. The van der Waals surface area contributed by atoms with Gasteiger partial charge >= 0.3 is 0 Å². The Hall–Kier alpha value is -4.32. The van der Waals surface area contributed by atoms with Gasteiger partial charge in [0, 0.05) is 29.1 Å². The average molecular weight is 466 g/mol. The van der Waals surface area contributed by atoms with E-state index in [1.807, 2.05) is 62.4 Å². The predicted molar refractivity (Wildman–Crippen MR) is 137 cm³/mol. The van der Waals surface area contributed by atoms with E-state index >= 15 is 0 Å². The number of fused-ring (bicyclic) bond motifs is 1. The summed E-state index contributed by atoms with van der Waals surface area (Å²) in [5, 5.41) is 3.97. The zero-order valence-corrected chi connectivity index (χ0v) is 19.7. The van der Waals surface area contributed by atoms with Crippen molar-refractivity contribution in [1.82, 2.24) is 9.97 Å². The van der Waals surface area contributed by atoms with Gasteiger partial charge in [-0.05, 0) is 56.7 Å². The third-order valence-electron chi connectivity index (χ3n) is 6.06. The Bertz CT molecular complexity index is 1600. The lowest BCUT2D eigenvalue weighted by Crippen LogP contribution is -2.13. The second-order valence-corrected chi connectivity index (χ2v) is 8.58. The number of anilines is 1. The number of rotatable bonds is 5. The predicted octanol–water partition coefficient (Wildman–Crippen LogP) is 6.85. The highest BCUT2D eigenvalue weighted by atomic mass is 19.1. The molecule has 5 aromatic rings. The van der Waals surface area contributed by atoms with Gasteiger partial charge in [0.2, 0.25) is 0 Å². The van der Waals surface area contributed by atoms with E-state index in [1.165, 1.54) is 12.3 Å². The van der Waals surface area contributed by atoms with Crippen molar-refractivity contribution in [1.29, 1.82) is 0 Å². The number of aryl methyl sites for hydroxylation is 1. The van der Waals surface area contributed by atoms with Gasteiger partial charge in [-0.3, -0.25) is 14.8 Å². The number of pyridine rings is 2. The van der Waals surface area contributed by atoms with Crippen molar-refractivity contribution in [3.63, 3.8) is 0 Å². The Morgan fingerprint density at radius 2 is 1.63 bits per heavy atom. The van der Waals surface area contributed by atoms with Crippen molar-refractivity contribution in [2.45, 2.75) is 26.8 Å². The fourth-order valence-corrected chi connectivity index (χ4v) is 4.34. The van der Waals surface area contributed by atoms with Crippen molar-refractivity contribution in [3.8, 4) is 22.7 Å². The summed E-state index contributed by atoms with van der Waals surface area (Å²) in [6.07, 6.45) is 3.14. The van der Waals surface area contributed by atoms with Crippen LogP contribution in [0.2, 0.25) is 0 Å². The summed E-state index contributed by atoms with van der Waals surface area (Å²) >= 11 is 0. The number of halogens is 1. The van der Waals surface area contributed by atoms with Gasteiger partial charge in [-0.15, -0.1) is 0 Å². The van der Waals surface area contributed by atoms with Crippen LogP contribution in [-0.4, -0.2) is 9.97 Å². The van der Waals surface area contributed by atoms with Gasteiger partial charge in [-0.25, -0.2) is 4.39 Å². The zero-order chi connectivity index (χ0) is 24.5. The van der Waals surface area contributed by atoms with Crippen LogP contribution in [0, 0.1) is 19.7 Å². The second kappa shape index (κ2) is 9.14. The van der Waals surface area contributed by atoms with Gasteiger partial charge in [0.15, 0.2) is 11.2 Å². The van der Waals surface area contributed by atoms with Gasteiger partial charge in [-0.1, -0.05) is 36.4 Å². The van der Waals surface area contributed by atoms with Crippen molar-refractivity contribution < 1.29 is 8.81 Å². The number of hydrogen-bond acceptors (Lipinski definition) is 5. The van der Waals surface area contributed by atoms with Crippen LogP contribution in [0.4, 0.5) is 10.1 Å². The molecule has 35 heavy (non-hydrogen) atoms. The molecule has 1 N–H and O–H groups in total. The number of nitrogens with zero attached hydrogens (tertiary/aromatic N) is 2. The first-order valence-electron chi connectivity index (χ1n) is 11.4. The minimum Gasteiger partial charge on any atom is -0.455 e. The Morgan fingerprint density at radius 1 is 0.914 bits per heavy atom. The monoisotopic (exact) mass is 465 g/mol. The van der Waals surface area contributed by atoms with Gasteiger partial charge in [0.05, 0.1) is 17.1 Å². The largest absolute Gasteiger partial charge is 0.455 e. The number of nitrogens with one attached hydrogen (secondary N) is 1. The Balaban J connectivity index is 1.64. The topological polar surface area (TPSA) is 68.0 Å². The molecule has 0 unspecified atom stereocenters. The van der Waals surface area contributed by atoms with E-state index < -0.39 is 5.82 Å². The van der Waals surface area contributed by atoms with Gasteiger partial charge in [0.25, 0.3) is 0 Å². The first-order valence-corrected chi connectivity index (χ1v) is 11.4. The van der Waals surface area contributed by atoms with Crippen LogP contribution in [-0.2, 0) is 0 Å². The van der Waals surface area contributed by atoms with Crippen LogP contribution in [0.1, 0.15) is 29.7 Å². The summed E-state index contributed by atoms with van der Waals surface area (Å²) in [6, 6.07) is 19.7. The normalized spacial score (nSPS) is 12.0. The van der Waals surface area contributed by atoms with Crippen LogP contribution in [0.25, 0.3) is 33.7 Å². The maximum Gasteiger partial charge on any atom is 0.196 e. The molecule has 0 saturated heterocycles. The Morgan fingerprint density at radius 3 is 2.37 bits per heavy atom. The van der Waals surface area contributed by atoms with Gasteiger partial charge in [-0.2, -0.15) is 0 Å². The second-order valence-electron chi connectivity index (χ2n) is 8.58. The molecule has 0 fully saturated rings. The highest BCUT2D eigenvalue weighted by Crippen LogP contribution is 2.34. The summed E-state index contributed by atoms with van der Waals surface area (Å²) in [4.78, 5) is 21.9. The molecule has 5 nitrogen and oxygen atoms in total. The van der Waals surface area contributed by atoms with Crippen LogP contribution in [0.3, 0.4) is 0 Å². The van der Waals surface area contributed by atoms with E-state index in [0.717, 1.165) is 16.7 Å². The summed E-state index contributed by atoms with van der Waals surface area (Å²) < 4.78 is 20.9. The SMILES string of the molecule is Cc1cc([C@@H](C)Nc2cccnc2-c2ncccc2F)c2oc(-c3ccccc3)c(C)c(=O)c2c1. The summed E-state index contributed by atoms with van der Waals surface area (Å²) in [7, 11) is 0. The zero-order valence-electron chi connectivity index (χ0n) is 19.7. The molecule has 1 atom stereocenters. The molecule has 3 aromatic heterocycles. The molecule has 6 heteroatoms. The number of benzene rings is 2. The van der Waals surface area contributed by atoms with Crippen LogP contribution in [0.5, 0.6) is 0 Å². The molecular formula is C29H24FN3O2. The molecule has 0 bridgehead atoms. The van der Waals surface area contributed by atoms with Gasteiger partial charge < -0.3 is 9.73 Å². The third-order valence-corrected chi connectivity index (χ3v) is 6.06. The lowest BCUT2D eigenvalue weighted by Gasteiger charge is -2.20. The van der Waals surface area contributed by atoms with E-state index in [4.69, 9.17) is 4.42 Å². The van der Waals surface area contributed by atoms with Gasteiger partial charge in [0.1, 0.15) is 22.7 Å². The molecule has 3 heterocycles. The molecule has 0 aliphatic carbocycles. The molecular weight excluding hydrogens is 441 g/mol. The smallest absolute Gasteiger partial charge is 0.196 e. The fourth-order valence-electron chi connectivity index (χ4n) is 4.34. The minimum absolute atomic E-state index is 0.0557. The van der Waals surface area contributed by atoms with Crippen molar-refractivity contribution >= 4 is 16.7 Å². The van der Waals surface area contributed by atoms with Crippen LogP contribution < -0.4 is 10.7 Å². The highest BCUT2D eigenvalue weighted by molar-refractivity contribution is 5.85. The maximum absolute atomic E-state index is 14.5. The molecule has 0 aliphatic heterocycles. The Kier molecular flexibility index (Phi) is 5.87. The van der Waals surface area contributed by atoms with Crippen LogP contribution in [0.15, 0.2) is 88.3 Å². The highest BCUT2D eigenvalue weighted by Gasteiger charge is 2.20. The summed E-state index contributed by atoms with van der Waals surface area (Å²) in [6.45, 7) is 5.72. The molecule has 0 amide bonds. The fraction of sp³-hybridized carbons (Fsp3) is 0.138. The van der Waals surface area contributed by atoms with Crippen LogP contribution >= 0.6 is 0 Å². The van der Waals surface area contributed by atoms with E-state index in [0.29, 0.717) is 33.7 Å². The molecule has 174 valence electrons. The standard InChI is InChI=1S/C29H24FN3O2/c1-17-15-21(19(3)33-24-12-8-14-32-26(24)25-23(30)11-7-13-31-25)29-22(16-17)27(34)18(2)28(35-29)20-9-5-4-6-10-20/h4-16,19,33H,1-3H3/t19-/m1/s1. The van der Waals surface area contributed by atoms with E-state index in [-0.39, 0.29) is 17.2 Å². The minimum atomic E-state index is -0.447. The molecule has 0 radical (unpaired) electrons. The first kappa shape index (κ1) is 22.5. The number of aromatic nitrogens is 2. The van der Waals surface area contributed by atoms with E-state index in [9.17, 15) is 9.18 Å². The lowest BCUT2D eigenvalue weighted by atomic mass is 9.98. The number of hydrogen-bond donors (Lipinski definition) is 1. The molecule has 0 saturated carbocycles. The molecule has 2 aromatic carbocycles. The van der Waals surface area contributed by atoms with E-state index in [1.54, 1.807) is 25.3 Å².